The number of ether oxygens (including phenoxy) is 1. The van der Waals surface area contributed by atoms with E-state index in [0.717, 1.165) is 0 Å². The smallest absolute Gasteiger partial charge is 0.118 e. The number of hydrogen-bond donors (Lipinski definition) is 0. The van der Waals surface area contributed by atoms with Crippen molar-refractivity contribution in [2.45, 2.75) is 12.3 Å². The molecule has 0 heterocycles. The first-order chi connectivity index (χ1) is 7.54. The molecule has 5 heteroatoms. The number of carbonyl (C=O) groups excluding carboxylic acids is 2. The van der Waals surface area contributed by atoms with Crippen LogP contribution in [0.2, 0.25) is 0 Å². The molecule has 5 nitrogen and oxygen atoms in total. The lowest BCUT2D eigenvalue weighted by Crippen LogP contribution is -2.34. The number of carboxylic acids is 2. The minimum Gasteiger partial charge on any atom is -0.550 e. The van der Waals surface area contributed by atoms with E-state index in [1.807, 2.05) is 0 Å². The van der Waals surface area contributed by atoms with Crippen LogP contribution in [0, 0.1) is 0 Å². The molecule has 0 amide bonds. The molecule has 0 radical (unpaired) electrons. The molecule has 16 heavy (non-hydrogen) atoms. The maximum absolute atomic E-state index is 10.8. The predicted octanol–water partition coefficient (Wildman–Crippen LogP) is -1.33. The van der Waals surface area contributed by atoms with E-state index < -0.39 is 24.3 Å². The molecule has 1 atom stereocenters. The topological polar surface area (TPSA) is 89.5 Å². The van der Waals surface area contributed by atoms with Crippen LogP contribution in [-0.2, 0) is 9.59 Å². The normalized spacial score (nSPS) is 11.8. The molecule has 0 aliphatic carbocycles. The van der Waals surface area contributed by atoms with Gasteiger partial charge in [-0.2, -0.15) is 0 Å². The molecular formula is C11H10O5-2. The molecule has 1 aromatic rings. The number of benzene rings is 1. The van der Waals surface area contributed by atoms with Gasteiger partial charge in [0.15, 0.2) is 0 Å². The van der Waals surface area contributed by atoms with Crippen molar-refractivity contribution in [3.63, 3.8) is 0 Å². The quantitative estimate of drug-likeness (QED) is 0.615. The maximum Gasteiger partial charge on any atom is 0.118 e. The summed E-state index contributed by atoms with van der Waals surface area (Å²) in [6, 6.07) is 6.09. The van der Waals surface area contributed by atoms with Gasteiger partial charge < -0.3 is 24.5 Å². The lowest BCUT2D eigenvalue weighted by atomic mass is 9.96. The van der Waals surface area contributed by atoms with Gasteiger partial charge in [0, 0.05) is 17.9 Å². The molecule has 1 aromatic carbocycles. The second-order valence-electron chi connectivity index (χ2n) is 3.22. The highest BCUT2D eigenvalue weighted by atomic mass is 16.5. The molecule has 0 aliphatic rings. The largest absolute Gasteiger partial charge is 0.550 e. The van der Waals surface area contributed by atoms with Crippen LogP contribution in [0.25, 0.3) is 0 Å². The molecule has 0 bridgehead atoms. The van der Waals surface area contributed by atoms with E-state index in [2.05, 4.69) is 0 Å². The van der Waals surface area contributed by atoms with Crippen molar-refractivity contribution in [3.05, 3.63) is 29.8 Å². The fraction of sp³-hybridized carbons (Fsp3) is 0.273. The Morgan fingerprint density at radius 2 is 1.81 bits per heavy atom. The summed E-state index contributed by atoms with van der Waals surface area (Å²) in [6.07, 6.45) is -0.603. The van der Waals surface area contributed by atoms with Crippen molar-refractivity contribution in [1.29, 1.82) is 0 Å². The Bertz CT molecular complexity index is 382. The van der Waals surface area contributed by atoms with Gasteiger partial charge in [-0.05, 0) is 24.1 Å². The number of hydrogen-bond acceptors (Lipinski definition) is 5. The zero-order chi connectivity index (χ0) is 12.1. The summed E-state index contributed by atoms with van der Waals surface area (Å²) in [7, 11) is 1.48. The van der Waals surface area contributed by atoms with Crippen molar-refractivity contribution < 1.29 is 24.5 Å². The van der Waals surface area contributed by atoms with E-state index in [1.165, 1.54) is 19.2 Å². The van der Waals surface area contributed by atoms with E-state index >= 15 is 0 Å². The Balaban J connectivity index is 2.92. The standard InChI is InChI=1S/C11H12O5/c1-16-8-4-2-7(3-5-8)9(11(14)15)6-10(12)13/h2-5,9H,6H2,1H3,(H,12,13)(H,14,15)/p-2/t9-/m1/s1. The Kier molecular flexibility index (Phi) is 3.88. The fourth-order valence-corrected chi connectivity index (χ4v) is 1.34. The lowest BCUT2D eigenvalue weighted by Gasteiger charge is -2.19. The first-order valence-electron chi connectivity index (χ1n) is 4.59. The summed E-state index contributed by atoms with van der Waals surface area (Å²) >= 11 is 0. The molecule has 1 rings (SSSR count). The van der Waals surface area contributed by atoms with Crippen molar-refractivity contribution in [3.8, 4) is 5.75 Å². The van der Waals surface area contributed by atoms with Gasteiger partial charge in [-0.3, -0.25) is 0 Å². The number of carboxylic acid groups (broad SMARTS) is 2. The van der Waals surface area contributed by atoms with Gasteiger partial charge in [-0.15, -0.1) is 0 Å². The van der Waals surface area contributed by atoms with E-state index in [9.17, 15) is 19.8 Å². The highest BCUT2D eigenvalue weighted by Crippen LogP contribution is 2.21. The van der Waals surface area contributed by atoms with Gasteiger partial charge in [0.05, 0.1) is 7.11 Å². The third kappa shape index (κ3) is 2.98. The van der Waals surface area contributed by atoms with Gasteiger partial charge in [-0.25, -0.2) is 0 Å². The highest BCUT2D eigenvalue weighted by Gasteiger charge is 2.13. The SMILES string of the molecule is COc1ccc([C@@H](CC(=O)[O-])C(=O)[O-])cc1. The first kappa shape index (κ1) is 12.0. The number of methoxy groups -OCH3 is 1. The minimum absolute atomic E-state index is 0.352. The minimum atomic E-state index is -1.44. The van der Waals surface area contributed by atoms with Crippen LogP contribution in [0.3, 0.4) is 0 Å². The van der Waals surface area contributed by atoms with Gasteiger partial charge in [0.2, 0.25) is 0 Å². The molecule has 0 fully saturated rings. The van der Waals surface area contributed by atoms with Crippen molar-refractivity contribution in [1.82, 2.24) is 0 Å². The third-order valence-corrected chi connectivity index (χ3v) is 2.17. The van der Waals surface area contributed by atoms with Crippen molar-refractivity contribution >= 4 is 11.9 Å². The average molecular weight is 222 g/mol. The summed E-state index contributed by atoms with van der Waals surface area (Å²) in [6.45, 7) is 0. The lowest BCUT2D eigenvalue weighted by molar-refractivity contribution is -0.317. The van der Waals surface area contributed by atoms with Crippen LogP contribution in [0.1, 0.15) is 17.9 Å². The molecule has 0 N–H and O–H groups in total. The van der Waals surface area contributed by atoms with E-state index in [1.54, 1.807) is 12.1 Å². The van der Waals surface area contributed by atoms with Crippen molar-refractivity contribution in [2.75, 3.05) is 7.11 Å². The molecule has 0 saturated heterocycles. The Hall–Kier alpha value is -2.04. The highest BCUT2D eigenvalue weighted by molar-refractivity contribution is 5.80. The molecule has 0 unspecified atom stereocenters. The zero-order valence-electron chi connectivity index (χ0n) is 8.64. The van der Waals surface area contributed by atoms with Crippen LogP contribution >= 0.6 is 0 Å². The van der Waals surface area contributed by atoms with Crippen molar-refractivity contribution in [2.24, 2.45) is 0 Å². The van der Waals surface area contributed by atoms with Gasteiger partial charge in [0.1, 0.15) is 5.75 Å². The van der Waals surface area contributed by atoms with Gasteiger partial charge in [-0.1, -0.05) is 12.1 Å². The molecule has 0 spiro atoms. The summed E-state index contributed by atoms with van der Waals surface area (Å²) in [5.41, 5.74) is 0.352. The number of aliphatic carboxylic acids is 2. The maximum atomic E-state index is 10.8. The van der Waals surface area contributed by atoms with Crippen LogP contribution in [0.5, 0.6) is 5.75 Å². The first-order valence-corrected chi connectivity index (χ1v) is 4.59. The van der Waals surface area contributed by atoms with Crippen LogP contribution in [-0.4, -0.2) is 19.0 Å². The summed E-state index contributed by atoms with van der Waals surface area (Å²) in [4.78, 5) is 21.1. The van der Waals surface area contributed by atoms with Crippen LogP contribution in [0.15, 0.2) is 24.3 Å². The summed E-state index contributed by atoms with van der Waals surface area (Å²) < 4.78 is 4.90. The molecule has 0 aromatic heterocycles. The van der Waals surface area contributed by atoms with Crippen LogP contribution in [0.4, 0.5) is 0 Å². The summed E-state index contributed by atoms with van der Waals surface area (Å²) in [5.74, 6) is -3.50. The second-order valence-corrected chi connectivity index (χ2v) is 3.22. The van der Waals surface area contributed by atoms with Gasteiger partial charge in [0.25, 0.3) is 0 Å². The van der Waals surface area contributed by atoms with Gasteiger partial charge >= 0.3 is 0 Å². The molecular weight excluding hydrogens is 212 g/mol. The van der Waals surface area contributed by atoms with Crippen LogP contribution < -0.4 is 14.9 Å². The summed E-state index contributed by atoms with van der Waals surface area (Å²) in [5, 5.41) is 21.1. The monoisotopic (exact) mass is 222 g/mol. The molecule has 0 aliphatic heterocycles. The molecule has 86 valence electrons. The molecule has 0 saturated carbocycles. The van der Waals surface area contributed by atoms with E-state index in [0.29, 0.717) is 11.3 Å². The number of carbonyl (C=O) groups is 2. The second kappa shape index (κ2) is 5.16. The van der Waals surface area contributed by atoms with E-state index in [-0.39, 0.29) is 0 Å². The zero-order valence-corrected chi connectivity index (χ0v) is 8.64. The Labute approximate surface area is 92.3 Å². The Morgan fingerprint density at radius 3 is 2.19 bits per heavy atom. The third-order valence-electron chi connectivity index (χ3n) is 2.17. The van der Waals surface area contributed by atoms with E-state index in [4.69, 9.17) is 4.74 Å². The Morgan fingerprint density at radius 1 is 1.25 bits per heavy atom. The average Bonchev–Trinajstić information content (AvgIpc) is 2.25. The fourth-order valence-electron chi connectivity index (χ4n) is 1.34. The predicted molar refractivity (Wildman–Crippen MR) is 50.4 cm³/mol. The number of rotatable bonds is 5.